The molecule has 0 saturated carbocycles. The van der Waals surface area contributed by atoms with Crippen LogP contribution in [0.4, 0.5) is 5.82 Å². The van der Waals surface area contributed by atoms with Crippen LogP contribution >= 0.6 is 11.6 Å². The van der Waals surface area contributed by atoms with E-state index < -0.39 is 5.38 Å². The fourth-order valence-corrected chi connectivity index (χ4v) is 2.45. The van der Waals surface area contributed by atoms with Crippen LogP contribution in [0.1, 0.15) is 18.1 Å². The molecule has 3 aromatic rings. The van der Waals surface area contributed by atoms with Gasteiger partial charge in [-0.15, -0.1) is 11.6 Å². The molecule has 1 amide bonds. The highest BCUT2D eigenvalue weighted by Crippen LogP contribution is 2.29. The van der Waals surface area contributed by atoms with Gasteiger partial charge in [0.25, 0.3) is 0 Å². The molecule has 0 bridgehead atoms. The molecule has 1 atom stereocenters. The molecule has 2 heterocycles. The van der Waals surface area contributed by atoms with Crippen molar-refractivity contribution >= 4 is 29.0 Å². The molecule has 1 N–H and O–H groups in total. The van der Waals surface area contributed by atoms with Crippen molar-refractivity contribution in [1.82, 2.24) is 9.38 Å². The number of fused-ring (bicyclic) bond motifs is 1. The van der Waals surface area contributed by atoms with Crippen LogP contribution in [0.2, 0.25) is 0 Å². The first-order chi connectivity index (χ1) is 11.0. The number of nitrogens with zero attached hydrogens (tertiary/aromatic N) is 2. The molecule has 5 heteroatoms. The van der Waals surface area contributed by atoms with Gasteiger partial charge in [-0.05, 0) is 38.5 Å². The first-order valence-electron chi connectivity index (χ1n) is 7.46. The Morgan fingerprint density at radius 1 is 1.17 bits per heavy atom. The molecule has 2 aromatic heterocycles. The summed E-state index contributed by atoms with van der Waals surface area (Å²) in [6.07, 6.45) is 1.91. The quantitative estimate of drug-likeness (QED) is 0.733. The minimum absolute atomic E-state index is 0.248. The smallest absolute Gasteiger partial charge is 0.243 e. The first-order valence-corrected chi connectivity index (χ1v) is 7.90. The van der Waals surface area contributed by atoms with Crippen LogP contribution in [0.3, 0.4) is 0 Å². The van der Waals surface area contributed by atoms with Crippen LogP contribution < -0.4 is 5.32 Å². The topological polar surface area (TPSA) is 46.4 Å². The summed E-state index contributed by atoms with van der Waals surface area (Å²) in [6.45, 7) is 5.70. The SMILES string of the molecule is Cc1ccc(-c2nc3cc(C)ccn3c2NC(=O)[C@H](C)Cl)cc1. The molecule has 3 rings (SSSR count). The van der Waals surface area contributed by atoms with E-state index in [-0.39, 0.29) is 5.91 Å². The summed E-state index contributed by atoms with van der Waals surface area (Å²) < 4.78 is 1.87. The molecule has 23 heavy (non-hydrogen) atoms. The monoisotopic (exact) mass is 327 g/mol. The molecule has 0 fully saturated rings. The van der Waals surface area contributed by atoms with E-state index in [1.54, 1.807) is 6.92 Å². The number of hydrogen-bond donors (Lipinski definition) is 1. The summed E-state index contributed by atoms with van der Waals surface area (Å²) in [5.41, 5.74) is 4.77. The Hall–Kier alpha value is -2.33. The number of amides is 1. The number of benzene rings is 1. The van der Waals surface area contributed by atoms with Gasteiger partial charge in [-0.1, -0.05) is 29.8 Å². The summed E-state index contributed by atoms with van der Waals surface area (Å²) in [5.74, 6) is 0.392. The van der Waals surface area contributed by atoms with Crippen molar-refractivity contribution in [2.75, 3.05) is 5.32 Å². The fraction of sp³-hybridized carbons (Fsp3) is 0.222. The van der Waals surface area contributed by atoms with Crippen molar-refractivity contribution in [2.24, 2.45) is 0 Å². The maximum atomic E-state index is 12.1. The fourth-order valence-electron chi connectivity index (χ4n) is 2.39. The van der Waals surface area contributed by atoms with Gasteiger partial charge in [0, 0.05) is 11.8 Å². The Morgan fingerprint density at radius 3 is 2.52 bits per heavy atom. The zero-order valence-electron chi connectivity index (χ0n) is 13.3. The van der Waals surface area contributed by atoms with Crippen molar-refractivity contribution in [3.63, 3.8) is 0 Å². The van der Waals surface area contributed by atoms with Crippen LogP contribution in [0.25, 0.3) is 16.9 Å². The molecule has 0 unspecified atom stereocenters. The summed E-state index contributed by atoms with van der Waals surface area (Å²) in [4.78, 5) is 16.8. The lowest BCUT2D eigenvalue weighted by atomic mass is 10.1. The number of aromatic nitrogens is 2. The average Bonchev–Trinajstić information content (AvgIpc) is 2.85. The predicted octanol–water partition coefficient (Wildman–Crippen LogP) is 4.18. The van der Waals surface area contributed by atoms with Gasteiger partial charge in [0.1, 0.15) is 22.5 Å². The Kier molecular flexibility index (Phi) is 4.09. The van der Waals surface area contributed by atoms with Crippen molar-refractivity contribution in [1.29, 1.82) is 0 Å². The number of imidazole rings is 1. The molecule has 0 aliphatic heterocycles. The van der Waals surface area contributed by atoms with E-state index in [4.69, 9.17) is 16.6 Å². The molecule has 0 saturated heterocycles. The van der Waals surface area contributed by atoms with Gasteiger partial charge >= 0.3 is 0 Å². The summed E-state index contributed by atoms with van der Waals surface area (Å²) in [5, 5.41) is 2.28. The molecule has 118 valence electrons. The zero-order valence-corrected chi connectivity index (χ0v) is 14.1. The highest BCUT2D eigenvalue weighted by atomic mass is 35.5. The van der Waals surface area contributed by atoms with E-state index in [1.165, 1.54) is 5.56 Å². The maximum Gasteiger partial charge on any atom is 0.243 e. The molecule has 0 spiro atoms. The number of hydrogen-bond acceptors (Lipinski definition) is 2. The summed E-state index contributed by atoms with van der Waals surface area (Å²) >= 11 is 5.90. The van der Waals surface area contributed by atoms with Gasteiger partial charge in [-0.2, -0.15) is 0 Å². The minimum Gasteiger partial charge on any atom is -0.309 e. The lowest BCUT2D eigenvalue weighted by molar-refractivity contribution is -0.115. The first kappa shape index (κ1) is 15.6. The Labute approximate surface area is 140 Å². The number of alkyl halides is 1. The summed E-state index contributed by atoms with van der Waals surface area (Å²) in [6, 6.07) is 12.0. The number of aryl methyl sites for hydroxylation is 2. The number of pyridine rings is 1. The van der Waals surface area contributed by atoms with E-state index in [0.717, 1.165) is 22.5 Å². The number of halogens is 1. The third-order valence-corrected chi connectivity index (χ3v) is 3.91. The van der Waals surface area contributed by atoms with Crippen LogP contribution in [-0.4, -0.2) is 20.7 Å². The average molecular weight is 328 g/mol. The Bertz CT molecular complexity index is 866. The predicted molar refractivity (Wildman–Crippen MR) is 94.0 cm³/mol. The van der Waals surface area contributed by atoms with Crippen molar-refractivity contribution in [3.8, 4) is 11.3 Å². The second kappa shape index (κ2) is 6.05. The lowest BCUT2D eigenvalue weighted by Crippen LogP contribution is -2.21. The van der Waals surface area contributed by atoms with E-state index in [0.29, 0.717) is 5.82 Å². The van der Waals surface area contributed by atoms with Gasteiger partial charge in [0.05, 0.1) is 0 Å². The Morgan fingerprint density at radius 2 is 1.87 bits per heavy atom. The number of carbonyl (C=O) groups is 1. The van der Waals surface area contributed by atoms with Crippen molar-refractivity contribution in [2.45, 2.75) is 26.1 Å². The second-order valence-electron chi connectivity index (χ2n) is 5.71. The molecular formula is C18H18ClN3O. The van der Waals surface area contributed by atoms with Gasteiger partial charge in [-0.25, -0.2) is 4.98 Å². The van der Waals surface area contributed by atoms with Crippen LogP contribution in [-0.2, 0) is 4.79 Å². The normalized spacial score (nSPS) is 12.3. The zero-order chi connectivity index (χ0) is 16.6. The Balaban J connectivity index is 2.18. The van der Waals surface area contributed by atoms with Crippen molar-refractivity contribution in [3.05, 3.63) is 53.7 Å². The second-order valence-corrected chi connectivity index (χ2v) is 6.37. The number of carbonyl (C=O) groups excluding carboxylic acids is 1. The minimum atomic E-state index is -0.614. The number of anilines is 1. The van der Waals surface area contributed by atoms with Crippen molar-refractivity contribution < 1.29 is 4.79 Å². The van der Waals surface area contributed by atoms with Crippen LogP contribution in [0.5, 0.6) is 0 Å². The van der Waals surface area contributed by atoms with Gasteiger partial charge < -0.3 is 5.32 Å². The maximum absolute atomic E-state index is 12.1. The van der Waals surface area contributed by atoms with Gasteiger partial charge in [0.2, 0.25) is 5.91 Å². The highest BCUT2D eigenvalue weighted by Gasteiger charge is 2.18. The van der Waals surface area contributed by atoms with Crippen LogP contribution in [0.15, 0.2) is 42.6 Å². The standard InChI is InChI=1S/C18H18ClN3O/c1-11-4-6-14(7-5-11)16-17(21-18(23)13(3)19)22-9-8-12(2)10-15(22)20-16/h4-10,13H,1-3H3,(H,21,23)/t13-/m0/s1. The molecule has 0 radical (unpaired) electrons. The molecular weight excluding hydrogens is 310 g/mol. The molecule has 4 nitrogen and oxygen atoms in total. The summed E-state index contributed by atoms with van der Waals surface area (Å²) in [7, 11) is 0. The number of nitrogens with one attached hydrogen (secondary N) is 1. The molecule has 0 aliphatic carbocycles. The highest BCUT2D eigenvalue weighted by molar-refractivity contribution is 6.32. The lowest BCUT2D eigenvalue weighted by Gasteiger charge is -2.09. The molecule has 1 aromatic carbocycles. The van der Waals surface area contributed by atoms with E-state index in [2.05, 4.69) is 5.32 Å². The van der Waals surface area contributed by atoms with E-state index in [1.807, 2.05) is 60.8 Å². The van der Waals surface area contributed by atoms with Crippen LogP contribution in [0, 0.1) is 13.8 Å². The van der Waals surface area contributed by atoms with E-state index >= 15 is 0 Å². The van der Waals surface area contributed by atoms with Gasteiger partial charge in [-0.3, -0.25) is 9.20 Å². The third kappa shape index (κ3) is 3.08. The third-order valence-electron chi connectivity index (χ3n) is 3.71. The largest absolute Gasteiger partial charge is 0.309 e. The van der Waals surface area contributed by atoms with E-state index in [9.17, 15) is 4.79 Å². The van der Waals surface area contributed by atoms with Gasteiger partial charge in [0.15, 0.2) is 0 Å². The number of rotatable bonds is 3. The molecule has 0 aliphatic rings.